The molecule has 26 heavy (non-hydrogen) atoms. The third kappa shape index (κ3) is 3.38. The standard InChI is InChI=1S/C24H18BrP/c25-26-22-17-16-21(18-10-4-1-5-11-18)23(19-12-6-2-7-13-19)24(22)20-14-8-3-9-15-20/h1-17,26H. The van der Waals surface area contributed by atoms with Gasteiger partial charge in [-0.3, -0.25) is 0 Å². The Morgan fingerprint density at radius 3 is 1.42 bits per heavy atom. The summed E-state index contributed by atoms with van der Waals surface area (Å²) >= 11 is 3.72. The first-order valence-corrected chi connectivity index (χ1v) is 11.8. The molecule has 0 aliphatic heterocycles. The zero-order valence-corrected chi connectivity index (χ0v) is 16.8. The van der Waals surface area contributed by atoms with Crippen molar-refractivity contribution >= 4 is 28.1 Å². The molecule has 4 aromatic carbocycles. The van der Waals surface area contributed by atoms with Crippen LogP contribution in [0.4, 0.5) is 0 Å². The Balaban J connectivity index is 2.09. The fourth-order valence-electron chi connectivity index (χ4n) is 3.35. The van der Waals surface area contributed by atoms with Crippen molar-refractivity contribution in [3.63, 3.8) is 0 Å². The fourth-order valence-corrected chi connectivity index (χ4v) is 4.85. The van der Waals surface area contributed by atoms with Gasteiger partial charge in [0, 0.05) is 0 Å². The van der Waals surface area contributed by atoms with E-state index in [9.17, 15) is 0 Å². The second-order valence-corrected chi connectivity index (χ2v) is 8.02. The fraction of sp³-hybridized carbons (Fsp3) is 0. The van der Waals surface area contributed by atoms with Gasteiger partial charge in [-0.25, -0.2) is 0 Å². The minimum Gasteiger partial charge on any atom is -0.0622 e. The van der Waals surface area contributed by atoms with E-state index in [4.69, 9.17) is 0 Å². The Bertz CT molecular complexity index is 996. The average Bonchev–Trinajstić information content (AvgIpc) is 2.74. The van der Waals surface area contributed by atoms with Crippen LogP contribution in [0.3, 0.4) is 0 Å². The highest BCUT2D eigenvalue weighted by atomic mass is 79.9. The van der Waals surface area contributed by atoms with Crippen molar-refractivity contribution in [2.75, 3.05) is 0 Å². The van der Waals surface area contributed by atoms with Gasteiger partial charge in [0.1, 0.15) is 0 Å². The van der Waals surface area contributed by atoms with Crippen LogP contribution in [0, 0.1) is 0 Å². The third-order valence-electron chi connectivity index (χ3n) is 4.52. The molecule has 0 saturated heterocycles. The maximum absolute atomic E-state index is 3.72. The van der Waals surface area contributed by atoms with E-state index >= 15 is 0 Å². The van der Waals surface area contributed by atoms with Gasteiger partial charge >= 0.3 is 0 Å². The van der Waals surface area contributed by atoms with Crippen molar-refractivity contribution in [1.29, 1.82) is 0 Å². The van der Waals surface area contributed by atoms with Crippen molar-refractivity contribution < 1.29 is 0 Å². The third-order valence-corrected chi connectivity index (χ3v) is 6.42. The van der Waals surface area contributed by atoms with Crippen molar-refractivity contribution in [3.8, 4) is 33.4 Å². The number of halogens is 1. The quantitative estimate of drug-likeness (QED) is 0.306. The van der Waals surface area contributed by atoms with Gasteiger partial charge in [-0.2, -0.15) is 0 Å². The molecule has 4 rings (SSSR count). The molecule has 0 aliphatic rings. The molecule has 0 spiro atoms. The van der Waals surface area contributed by atoms with Gasteiger partial charge in [-0.05, 0) is 46.0 Å². The molecular formula is C24H18BrP. The Kier molecular flexibility index (Phi) is 5.29. The summed E-state index contributed by atoms with van der Waals surface area (Å²) in [5.41, 5.74) is 7.63. The summed E-state index contributed by atoms with van der Waals surface area (Å²) in [5.74, 6) is 0. The molecule has 4 aromatic rings. The normalized spacial score (nSPS) is 11.1. The van der Waals surface area contributed by atoms with Gasteiger partial charge in [-0.15, -0.1) is 0 Å². The first kappa shape index (κ1) is 17.2. The van der Waals surface area contributed by atoms with Crippen LogP contribution in [0.25, 0.3) is 33.4 Å². The maximum Gasteiger partial charge on any atom is -0.00163 e. The molecule has 0 N–H and O–H groups in total. The summed E-state index contributed by atoms with van der Waals surface area (Å²) in [6.45, 7) is 0. The van der Waals surface area contributed by atoms with Crippen molar-refractivity contribution in [2.24, 2.45) is 0 Å². The minimum atomic E-state index is 0.562. The van der Waals surface area contributed by atoms with E-state index in [2.05, 4.69) is 119 Å². The topological polar surface area (TPSA) is 0 Å². The number of rotatable bonds is 4. The molecule has 0 saturated carbocycles. The smallest absolute Gasteiger partial charge is 0.00163 e. The molecule has 0 radical (unpaired) electrons. The SMILES string of the molecule is BrPc1ccc(-c2ccccc2)c(-c2ccccc2)c1-c1ccccc1. The second kappa shape index (κ2) is 7.99. The first-order valence-electron chi connectivity index (χ1n) is 8.58. The first-order chi connectivity index (χ1) is 12.9. The molecule has 0 heterocycles. The lowest BCUT2D eigenvalue weighted by molar-refractivity contribution is 1.58. The summed E-state index contributed by atoms with van der Waals surface area (Å²) < 4.78 is 0. The van der Waals surface area contributed by atoms with Crippen LogP contribution in [0.2, 0.25) is 0 Å². The largest absolute Gasteiger partial charge is 0.0622 e. The van der Waals surface area contributed by atoms with Gasteiger partial charge in [0.15, 0.2) is 0 Å². The molecule has 1 atom stereocenters. The summed E-state index contributed by atoms with van der Waals surface area (Å²) in [5, 5.41) is 1.33. The lowest BCUT2D eigenvalue weighted by atomic mass is 9.87. The zero-order valence-electron chi connectivity index (χ0n) is 14.2. The molecule has 1 unspecified atom stereocenters. The van der Waals surface area contributed by atoms with Crippen LogP contribution >= 0.6 is 22.8 Å². The lowest BCUT2D eigenvalue weighted by Gasteiger charge is -2.19. The molecule has 2 heteroatoms. The lowest BCUT2D eigenvalue weighted by Crippen LogP contribution is -2.03. The highest BCUT2D eigenvalue weighted by Gasteiger charge is 2.17. The Labute approximate surface area is 164 Å². The summed E-state index contributed by atoms with van der Waals surface area (Å²) in [6.07, 6.45) is 0. The van der Waals surface area contributed by atoms with E-state index in [1.165, 1.54) is 38.7 Å². The van der Waals surface area contributed by atoms with E-state index in [1.807, 2.05) is 0 Å². The summed E-state index contributed by atoms with van der Waals surface area (Å²) in [7, 11) is 0.562. The summed E-state index contributed by atoms with van der Waals surface area (Å²) in [6, 6.07) is 36.6. The Hall–Kier alpha value is -2.21. The predicted octanol–water partition coefficient (Wildman–Crippen LogP) is 7.30. The van der Waals surface area contributed by atoms with Gasteiger partial charge in [0.2, 0.25) is 0 Å². The Morgan fingerprint density at radius 2 is 0.923 bits per heavy atom. The van der Waals surface area contributed by atoms with Gasteiger partial charge < -0.3 is 0 Å². The van der Waals surface area contributed by atoms with Crippen molar-refractivity contribution in [2.45, 2.75) is 0 Å². The van der Waals surface area contributed by atoms with Crippen LogP contribution in [0.5, 0.6) is 0 Å². The van der Waals surface area contributed by atoms with Crippen LogP contribution in [0.15, 0.2) is 103 Å². The highest BCUT2D eigenvalue weighted by molar-refractivity contribution is 9.37. The molecule has 0 bridgehead atoms. The summed E-state index contributed by atoms with van der Waals surface area (Å²) in [4.78, 5) is 0. The minimum absolute atomic E-state index is 0.562. The molecule has 0 aliphatic carbocycles. The van der Waals surface area contributed by atoms with Crippen molar-refractivity contribution in [3.05, 3.63) is 103 Å². The molecular weight excluding hydrogens is 399 g/mol. The van der Waals surface area contributed by atoms with Gasteiger partial charge in [0.25, 0.3) is 0 Å². The molecule has 0 aromatic heterocycles. The van der Waals surface area contributed by atoms with E-state index in [0.29, 0.717) is 7.28 Å². The van der Waals surface area contributed by atoms with E-state index < -0.39 is 0 Å². The van der Waals surface area contributed by atoms with Gasteiger partial charge in [-0.1, -0.05) is 119 Å². The maximum atomic E-state index is 3.72. The Morgan fingerprint density at radius 1 is 0.462 bits per heavy atom. The average molecular weight is 417 g/mol. The van der Waals surface area contributed by atoms with Crippen LogP contribution < -0.4 is 5.30 Å². The monoisotopic (exact) mass is 416 g/mol. The van der Waals surface area contributed by atoms with Crippen molar-refractivity contribution in [1.82, 2.24) is 0 Å². The highest BCUT2D eigenvalue weighted by Crippen LogP contribution is 2.41. The van der Waals surface area contributed by atoms with E-state index in [-0.39, 0.29) is 0 Å². The van der Waals surface area contributed by atoms with Crippen LogP contribution in [0.1, 0.15) is 0 Å². The van der Waals surface area contributed by atoms with E-state index in [1.54, 1.807) is 0 Å². The molecule has 126 valence electrons. The zero-order chi connectivity index (χ0) is 17.8. The van der Waals surface area contributed by atoms with E-state index in [0.717, 1.165) is 0 Å². The molecule has 0 nitrogen and oxygen atoms in total. The second-order valence-electron chi connectivity index (χ2n) is 6.10. The van der Waals surface area contributed by atoms with Crippen LogP contribution in [-0.2, 0) is 0 Å². The van der Waals surface area contributed by atoms with Crippen LogP contribution in [-0.4, -0.2) is 0 Å². The number of benzene rings is 4. The predicted molar refractivity (Wildman–Crippen MR) is 120 cm³/mol. The molecule has 0 fully saturated rings. The number of hydrogen-bond acceptors (Lipinski definition) is 0. The van der Waals surface area contributed by atoms with Gasteiger partial charge in [0.05, 0.1) is 0 Å². The molecule has 0 amide bonds. The number of hydrogen-bond donors (Lipinski definition) is 0.